The van der Waals surface area contributed by atoms with Crippen molar-refractivity contribution >= 4 is 27.3 Å². The molecular formula is C14H14ClNO2S. The maximum atomic E-state index is 11.1. The molecule has 0 aliphatic carbocycles. The molecule has 0 radical (unpaired) electrons. The monoisotopic (exact) mass is 295 g/mol. The third kappa shape index (κ3) is 4.58. The minimum absolute atomic E-state index is 0.572. The zero-order valence-electron chi connectivity index (χ0n) is 10.4. The Morgan fingerprint density at radius 3 is 1.89 bits per heavy atom. The molecule has 0 aromatic heterocycles. The summed E-state index contributed by atoms with van der Waals surface area (Å²) in [4.78, 5) is 0. The van der Waals surface area contributed by atoms with E-state index < -0.39 is 10.0 Å². The molecule has 0 heterocycles. The SMILES string of the molecule is CS(=O)(=O)Nc1ccc(Cc2ccc(Cl)cc2)cc1. The maximum Gasteiger partial charge on any atom is 0.229 e. The molecule has 0 saturated heterocycles. The van der Waals surface area contributed by atoms with Crippen molar-refractivity contribution in [3.05, 3.63) is 64.7 Å². The number of hydrogen-bond donors (Lipinski definition) is 1. The fraction of sp³-hybridized carbons (Fsp3) is 0.143. The van der Waals surface area contributed by atoms with Crippen LogP contribution < -0.4 is 4.72 Å². The summed E-state index contributed by atoms with van der Waals surface area (Å²) in [7, 11) is -3.22. The Morgan fingerprint density at radius 1 is 0.947 bits per heavy atom. The summed E-state index contributed by atoms with van der Waals surface area (Å²) in [5, 5.41) is 0.719. The molecule has 0 atom stereocenters. The average molecular weight is 296 g/mol. The van der Waals surface area contributed by atoms with Gasteiger partial charge >= 0.3 is 0 Å². The summed E-state index contributed by atoms with van der Waals surface area (Å²) in [6.45, 7) is 0. The first-order valence-corrected chi connectivity index (χ1v) is 8.00. The molecule has 0 aliphatic heterocycles. The normalized spacial score (nSPS) is 11.3. The molecule has 100 valence electrons. The number of halogens is 1. The highest BCUT2D eigenvalue weighted by Gasteiger charge is 2.02. The molecule has 2 aromatic carbocycles. The Morgan fingerprint density at radius 2 is 1.42 bits per heavy atom. The van der Waals surface area contributed by atoms with E-state index in [1.807, 2.05) is 36.4 Å². The molecular weight excluding hydrogens is 282 g/mol. The second-order valence-electron chi connectivity index (χ2n) is 4.37. The Bertz CT molecular complexity index is 649. The van der Waals surface area contributed by atoms with Crippen molar-refractivity contribution in [1.82, 2.24) is 0 Å². The van der Waals surface area contributed by atoms with Gasteiger partial charge in [0.05, 0.1) is 6.26 Å². The van der Waals surface area contributed by atoms with Crippen LogP contribution in [0.5, 0.6) is 0 Å². The molecule has 0 amide bonds. The Labute approximate surface area is 118 Å². The number of nitrogens with one attached hydrogen (secondary N) is 1. The molecule has 5 heteroatoms. The van der Waals surface area contributed by atoms with Crippen molar-refractivity contribution in [2.24, 2.45) is 0 Å². The molecule has 2 rings (SSSR count). The first kappa shape index (κ1) is 13.9. The zero-order valence-corrected chi connectivity index (χ0v) is 12.0. The highest BCUT2D eigenvalue weighted by molar-refractivity contribution is 7.92. The lowest BCUT2D eigenvalue weighted by molar-refractivity contribution is 0.607. The van der Waals surface area contributed by atoms with Crippen LogP contribution in [0.2, 0.25) is 5.02 Å². The third-order valence-corrected chi connectivity index (χ3v) is 3.44. The zero-order chi connectivity index (χ0) is 13.9. The van der Waals surface area contributed by atoms with E-state index in [1.54, 1.807) is 12.1 Å². The average Bonchev–Trinajstić information content (AvgIpc) is 2.33. The number of hydrogen-bond acceptors (Lipinski definition) is 2. The predicted octanol–water partition coefficient (Wildman–Crippen LogP) is 3.30. The summed E-state index contributed by atoms with van der Waals surface area (Å²) in [5.74, 6) is 0. The van der Waals surface area contributed by atoms with Gasteiger partial charge in [0.25, 0.3) is 0 Å². The van der Waals surface area contributed by atoms with Crippen molar-refractivity contribution in [2.75, 3.05) is 11.0 Å². The van der Waals surface area contributed by atoms with Crippen LogP contribution in [-0.4, -0.2) is 14.7 Å². The van der Waals surface area contributed by atoms with Gasteiger partial charge in [-0.25, -0.2) is 8.42 Å². The van der Waals surface area contributed by atoms with E-state index >= 15 is 0 Å². The third-order valence-electron chi connectivity index (χ3n) is 2.58. The summed E-state index contributed by atoms with van der Waals surface area (Å²) in [6, 6.07) is 15.0. The van der Waals surface area contributed by atoms with E-state index in [-0.39, 0.29) is 0 Å². The lowest BCUT2D eigenvalue weighted by Gasteiger charge is -2.06. The van der Waals surface area contributed by atoms with E-state index in [0.717, 1.165) is 28.8 Å². The van der Waals surface area contributed by atoms with Crippen molar-refractivity contribution in [1.29, 1.82) is 0 Å². The highest BCUT2D eigenvalue weighted by Crippen LogP contribution is 2.16. The summed E-state index contributed by atoms with van der Waals surface area (Å²) < 4.78 is 24.6. The number of anilines is 1. The van der Waals surface area contributed by atoms with E-state index in [2.05, 4.69) is 4.72 Å². The molecule has 1 N–H and O–H groups in total. The number of rotatable bonds is 4. The van der Waals surface area contributed by atoms with Crippen molar-refractivity contribution < 1.29 is 8.42 Å². The Kier molecular flexibility index (Phi) is 4.12. The van der Waals surface area contributed by atoms with Crippen LogP contribution in [0.1, 0.15) is 11.1 Å². The molecule has 19 heavy (non-hydrogen) atoms. The quantitative estimate of drug-likeness (QED) is 0.940. The fourth-order valence-electron chi connectivity index (χ4n) is 1.74. The minimum Gasteiger partial charge on any atom is -0.284 e. The molecule has 0 spiro atoms. The largest absolute Gasteiger partial charge is 0.284 e. The molecule has 0 saturated carbocycles. The molecule has 3 nitrogen and oxygen atoms in total. The van der Waals surface area contributed by atoms with Crippen LogP contribution in [-0.2, 0) is 16.4 Å². The summed E-state index contributed by atoms with van der Waals surface area (Å²) >= 11 is 5.83. The van der Waals surface area contributed by atoms with Gasteiger partial charge in [-0.2, -0.15) is 0 Å². The van der Waals surface area contributed by atoms with Crippen LogP contribution >= 0.6 is 11.6 Å². The van der Waals surface area contributed by atoms with Crippen LogP contribution in [0.4, 0.5) is 5.69 Å². The van der Waals surface area contributed by atoms with E-state index in [1.165, 1.54) is 0 Å². The maximum absolute atomic E-state index is 11.1. The van der Waals surface area contributed by atoms with Gasteiger partial charge in [0.1, 0.15) is 0 Å². The van der Waals surface area contributed by atoms with E-state index in [9.17, 15) is 8.42 Å². The minimum atomic E-state index is -3.22. The van der Waals surface area contributed by atoms with Gasteiger partial charge in [-0.05, 0) is 41.8 Å². The van der Waals surface area contributed by atoms with Crippen LogP contribution in [0.3, 0.4) is 0 Å². The van der Waals surface area contributed by atoms with Crippen molar-refractivity contribution in [3.63, 3.8) is 0 Å². The van der Waals surface area contributed by atoms with Gasteiger partial charge in [-0.1, -0.05) is 35.9 Å². The predicted molar refractivity (Wildman–Crippen MR) is 79.2 cm³/mol. The smallest absolute Gasteiger partial charge is 0.229 e. The molecule has 2 aromatic rings. The van der Waals surface area contributed by atoms with Crippen LogP contribution in [0.25, 0.3) is 0 Å². The Balaban J connectivity index is 2.08. The van der Waals surface area contributed by atoms with Crippen molar-refractivity contribution in [2.45, 2.75) is 6.42 Å². The second-order valence-corrected chi connectivity index (χ2v) is 6.56. The van der Waals surface area contributed by atoms with Gasteiger partial charge in [-0.15, -0.1) is 0 Å². The highest BCUT2D eigenvalue weighted by atomic mass is 35.5. The topological polar surface area (TPSA) is 46.2 Å². The van der Waals surface area contributed by atoms with Crippen molar-refractivity contribution in [3.8, 4) is 0 Å². The lowest BCUT2D eigenvalue weighted by atomic mass is 10.1. The first-order chi connectivity index (χ1) is 8.92. The molecule has 0 unspecified atom stereocenters. The van der Waals surface area contributed by atoms with Crippen LogP contribution in [0.15, 0.2) is 48.5 Å². The first-order valence-electron chi connectivity index (χ1n) is 5.73. The number of benzene rings is 2. The summed E-state index contributed by atoms with van der Waals surface area (Å²) in [5.41, 5.74) is 2.84. The fourth-order valence-corrected chi connectivity index (χ4v) is 2.43. The van der Waals surface area contributed by atoms with E-state index in [4.69, 9.17) is 11.6 Å². The number of sulfonamides is 1. The molecule has 0 fully saturated rings. The second kappa shape index (κ2) is 5.63. The van der Waals surface area contributed by atoms with E-state index in [0.29, 0.717) is 5.69 Å². The Hall–Kier alpha value is -1.52. The van der Waals surface area contributed by atoms with Crippen LogP contribution in [0, 0.1) is 0 Å². The van der Waals surface area contributed by atoms with Gasteiger partial charge in [0.15, 0.2) is 0 Å². The van der Waals surface area contributed by atoms with Gasteiger partial charge < -0.3 is 0 Å². The standard InChI is InChI=1S/C14H14ClNO2S/c1-19(17,18)16-14-8-4-12(5-9-14)10-11-2-6-13(15)7-3-11/h2-9,16H,10H2,1H3. The molecule has 0 aliphatic rings. The molecule has 0 bridgehead atoms. The lowest BCUT2D eigenvalue weighted by Crippen LogP contribution is -2.09. The van der Waals surface area contributed by atoms with Gasteiger partial charge in [0, 0.05) is 10.7 Å². The summed E-state index contributed by atoms with van der Waals surface area (Å²) in [6.07, 6.45) is 1.92. The van der Waals surface area contributed by atoms with Gasteiger partial charge in [-0.3, -0.25) is 4.72 Å². The van der Waals surface area contributed by atoms with Gasteiger partial charge in [0.2, 0.25) is 10.0 Å².